The summed E-state index contributed by atoms with van der Waals surface area (Å²) in [6, 6.07) is 1.74. The zero-order chi connectivity index (χ0) is 16.7. The molecule has 1 atom stereocenters. The van der Waals surface area contributed by atoms with Crippen molar-refractivity contribution in [2.75, 3.05) is 6.54 Å². The number of nitrogens with zero attached hydrogens (tertiary/aromatic N) is 3. The van der Waals surface area contributed by atoms with Crippen LogP contribution in [0.2, 0.25) is 0 Å². The molecule has 0 N–H and O–H groups in total. The molecule has 1 amide bonds. The fourth-order valence-electron chi connectivity index (χ4n) is 3.53. The molecule has 3 heterocycles. The van der Waals surface area contributed by atoms with Crippen LogP contribution in [0.25, 0.3) is 0 Å². The third-order valence-electron chi connectivity index (χ3n) is 4.96. The molecule has 1 aliphatic heterocycles. The minimum atomic E-state index is -0.0350. The minimum absolute atomic E-state index is 0.00661. The van der Waals surface area contributed by atoms with Crippen molar-refractivity contribution in [3.8, 4) is 0 Å². The smallest absolute Gasteiger partial charge is 0.257 e. The fourth-order valence-corrected chi connectivity index (χ4v) is 3.53. The van der Waals surface area contributed by atoms with E-state index in [1.54, 1.807) is 36.5 Å². The van der Waals surface area contributed by atoms with Crippen LogP contribution in [0, 0.1) is 0 Å². The topological polar surface area (TPSA) is 68.3 Å². The van der Waals surface area contributed by atoms with Gasteiger partial charge >= 0.3 is 0 Å². The number of likely N-dealkylation sites (tertiary alicyclic amines) is 1. The van der Waals surface area contributed by atoms with Gasteiger partial charge in [-0.05, 0) is 31.7 Å². The highest BCUT2D eigenvalue weighted by atomic mass is 16.3. The minimum Gasteiger partial charge on any atom is -0.468 e. The number of carbonyl (C=O) groups excluding carboxylic acids is 2. The highest BCUT2D eigenvalue weighted by molar-refractivity contribution is 5.98. The van der Waals surface area contributed by atoms with Crippen LogP contribution >= 0.6 is 0 Å². The van der Waals surface area contributed by atoms with E-state index in [1.165, 1.54) is 0 Å². The van der Waals surface area contributed by atoms with Gasteiger partial charge in [-0.25, -0.2) is 0 Å². The Balaban J connectivity index is 1.49. The van der Waals surface area contributed by atoms with Crippen molar-refractivity contribution in [3.63, 3.8) is 0 Å². The van der Waals surface area contributed by atoms with Gasteiger partial charge in [-0.1, -0.05) is 0 Å². The lowest BCUT2D eigenvalue weighted by atomic mass is 10.0. The van der Waals surface area contributed by atoms with Crippen LogP contribution in [0.5, 0.6) is 0 Å². The number of Topliss-reactive ketones (excluding diaryl/α,β-unsaturated/α-hetero) is 1. The average Bonchev–Trinajstić information content (AvgIpc) is 2.99. The molecule has 1 saturated heterocycles. The monoisotopic (exact) mass is 327 g/mol. The summed E-state index contributed by atoms with van der Waals surface area (Å²) in [6.45, 7) is 0.707. The number of furan rings is 1. The Labute approximate surface area is 140 Å². The molecule has 0 aromatic carbocycles. The van der Waals surface area contributed by atoms with Crippen LogP contribution in [-0.4, -0.2) is 39.0 Å². The van der Waals surface area contributed by atoms with E-state index in [0.29, 0.717) is 30.0 Å². The molecule has 2 aliphatic rings. The Hall–Kier alpha value is -2.37. The van der Waals surface area contributed by atoms with Gasteiger partial charge in [0.15, 0.2) is 5.78 Å². The second-order valence-electron chi connectivity index (χ2n) is 6.80. The molecule has 1 saturated carbocycles. The van der Waals surface area contributed by atoms with Gasteiger partial charge in [0.2, 0.25) is 0 Å². The van der Waals surface area contributed by atoms with Gasteiger partial charge in [0.05, 0.1) is 23.6 Å². The van der Waals surface area contributed by atoms with Gasteiger partial charge < -0.3 is 9.32 Å². The summed E-state index contributed by atoms with van der Waals surface area (Å²) in [6.07, 6.45) is 9.27. The molecule has 126 valence electrons. The maximum atomic E-state index is 12.9. The molecule has 2 fully saturated rings. The Morgan fingerprint density at radius 2 is 2.17 bits per heavy atom. The number of carbonyl (C=O) groups is 2. The van der Waals surface area contributed by atoms with Gasteiger partial charge in [0.1, 0.15) is 5.76 Å². The summed E-state index contributed by atoms with van der Waals surface area (Å²) >= 11 is 0. The molecule has 6 nitrogen and oxygen atoms in total. The fraction of sp³-hybridized carbons (Fsp3) is 0.500. The number of amides is 1. The second kappa shape index (κ2) is 5.92. The highest BCUT2D eigenvalue weighted by Gasteiger charge is 2.36. The summed E-state index contributed by atoms with van der Waals surface area (Å²) < 4.78 is 7.16. The predicted molar refractivity (Wildman–Crippen MR) is 86.9 cm³/mol. The van der Waals surface area contributed by atoms with E-state index >= 15 is 0 Å². The first-order valence-electron chi connectivity index (χ1n) is 8.53. The predicted octanol–water partition coefficient (Wildman–Crippen LogP) is 2.77. The van der Waals surface area contributed by atoms with Crippen LogP contribution < -0.4 is 0 Å². The molecule has 2 aromatic heterocycles. The summed E-state index contributed by atoms with van der Waals surface area (Å²) in [5.74, 6) is 1.27. The zero-order valence-electron chi connectivity index (χ0n) is 13.8. The third kappa shape index (κ3) is 2.77. The van der Waals surface area contributed by atoms with Crippen molar-refractivity contribution in [2.24, 2.45) is 7.05 Å². The quantitative estimate of drug-likeness (QED) is 0.792. The molecule has 4 rings (SSSR count). The largest absolute Gasteiger partial charge is 0.468 e. The molecule has 2 aromatic rings. The Morgan fingerprint density at radius 1 is 1.33 bits per heavy atom. The second-order valence-corrected chi connectivity index (χ2v) is 6.80. The number of ketones is 1. The SMILES string of the molecule is Cn1cc(C(=O)CC2CCCN2C(=O)c2ccoc2C2CC2)cn1. The van der Waals surface area contributed by atoms with Gasteiger partial charge in [-0.2, -0.15) is 5.10 Å². The molecule has 0 bridgehead atoms. The van der Waals surface area contributed by atoms with Crippen LogP contribution in [0.15, 0.2) is 29.1 Å². The van der Waals surface area contributed by atoms with Crippen LogP contribution in [0.1, 0.15) is 64.5 Å². The number of aromatic nitrogens is 2. The Kier molecular flexibility index (Phi) is 3.75. The Bertz CT molecular complexity index is 772. The van der Waals surface area contributed by atoms with E-state index in [2.05, 4.69) is 5.10 Å². The van der Waals surface area contributed by atoms with E-state index in [1.807, 2.05) is 4.90 Å². The molecular formula is C18H21N3O3. The van der Waals surface area contributed by atoms with E-state index in [0.717, 1.165) is 31.4 Å². The molecular weight excluding hydrogens is 306 g/mol. The first-order chi connectivity index (χ1) is 11.6. The van der Waals surface area contributed by atoms with E-state index in [9.17, 15) is 9.59 Å². The lowest BCUT2D eigenvalue weighted by Gasteiger charge is -2.24. The van der Waals surface area contributed by atoms with Gasteiger partial charge in [0.25, 0.3) is 5.91 Å². The molecule has 1 aliphatic carbocycles. The van der Waals surface area contributed by atoms with Crippen molar-refractivity contribution in [1.29, 1.82) is 0 Å². The van der Waals surface area contributed by atoms with Crippen molar-refractivity contribution in [3.05, 3.63) is 41.6 Å². The molecule has 24 heavy (non-hydrogen) atoms. The van der Waals surface area contributed by atoms with Crippen molar-refractivity contribution < 1.29 is 14.0 Å². The lowest BCUT2D eigenvalue weighted by Crippen LogP contribution is -2.37. The normalized spacial score (nSPS) is 20.5. The molecule has 0 spiro atoms. The van der Waals surface area contributed by atoms with Crippen molar-refractivity contribution in [1.82, 2.24) is 14.7 Å². The molecule has 6 heteroatoms. The van der Waals surface area contributed by atoms with Gasteiger partial charge in [-0.3, -0.25) is 14.3 Å². The summed E-state index contributed by atoms with van der Waals surface area (Å²) in [5, 5.41) is 4.05. The summed E-state index contributed by atoms with van der Waals surface area (Å²) in [7, 11) is 1.79. The third-order valence-corrected chi connectivity index (χ3v) is 4.96. The van der Waals surface area contributed by atoms with Crippen molar-refractivity contribution in [2.45, 2.75) is 44.1 Å². The number of hydrogen-bond acceptors (Lipinski definition) is 4. The molecule has 1 unspecified atom stereocenters. The standard InChI is InChI=1S/C18H21N3O3/c1-20-11-13(10-19-20)16(22)9-14-3-2-7-21(14)18(23)15-6-8-24-17(15)12-4-5-12/h6,8,10-12,14H,2-5,7,9H2,1H3. The van der Waals surface area contributed by atoms with Crippen LogP contribution in [0.4, 0.5) is 0 Å². The Morgan fingerprint density at radius 3 is 2.88 bits per heavy atom. The van der Waals surface area contributed by atoms with Crippen molar-refractivity contribution >= 4 is 11.7 Å². The van der Waals surface area contributed by atoms with Crippen LogP contribution in [0.3, 0.4) is 0 Å². The number of rotatable bonds is 5. The maximum absolute atomic E-state index is 12.9. The van der Waals surface area contributed by atoms with E-state index in [-0.39, 0.29) is 17.7 Å². The lowest BCUT2D eigenvalue weighted by molar-refractivity contribution is 0.0715. The van der Waals surface area contributed by atoms with Gasteiger partial charge in [0, 0.05) is 38.2 Å². The average molecular weight is 327 g/mol. The summed E-state index contributed by atoms with van der Waals surface area (Å²) in [4.78, 5) is 27.2. The van der Waals surface area contributed by atoms with Gasteiger partial charge in [-0.15, -0.1) is 0 Å². The highest BCUT2D eigenvalue weighted by Crippen LogP contribution is 2.42. The maximum Gasteiger partial charge on any atom is 0.257 e. The first kappa shape index (κ1) is 15.2. The first-order valence-corrected chi connectivity index (χ1v) is 8.53. The zero-order valence-corrected chi connectivity index (χ0v) is 13.8. The summed E-state index contributed by atoms with van der Waals surface area (Å²) in [5.41, 5.74) is 1.29. The number of hydrogen-bond donors (Lipinski definition) is 0. The number of aryl methyl sites for hydroxylation is 1. The van der Waals surface area contributed by atoms with E-state index in [4.69, 9.17) is 4.42 Å². The van der Waals surface area contributed by atoms with E-state index < -0.39 is 0 Å². The molecule has 0 radical (unpaired) electrons. The van der Waals surface area contributed by atoms with Crippen LogP contribution in [-0.2, 0) is 7.05 Å².